The highest BCUT2D eigenvalue weighted by Gasteiger charge is 1.99. The van der Waals surface area contributed by atoms with Crippen LogP contribution in [0, 0.1) is 0 Å². The zero-order chi connectivity index (χ0) is 6.69. The van der Waals surface area contributed by atoms with E-state index in [1.54, 1.807) is 30.2 Å². The van der Waals surface area contributed by atoms with E-state index in [-0.39, 0.29) is 0 Å². The summed E-state index contributed by atoms with van der Waals surface area (Å²) >= 11 is 3.38. The summed E-state index contributed by atoms with van der Waals surface area (Å²) in [6, 6.07) is 0. The molecule has 0 saturated carbocycles. The molecule has 3 heteroatoms. The van der Waals surface area contributed by atoms with Crippen LogP contribution in [0.4, 0.5) is 0 Å². The Morgan fingerprint density at radius 3 is 2.78 bits per heavy atom. The van der Waals surface area contributed by atoms with E-state index in [1.165, 1.54) is 4.90 Å². The summed E-state index contributed by atoms with van der Waals surface area (Å²) in [5, 5.41) is 4.09. The maximum Gasteiger partial charge on any atom is 0.143 e. The molecule has 0 saturated heterocycles. The van der Waals surface area contributed by atoms with Gasteiger partial charge in [0.1, 0.15) is 5.75 Å². The molecule has 1 rings (SSSR count). The first kappa shape index (κ1) is 6.96. The molecule has 1 aromatic heterocycles. The molecule has 0 aromatic carbocycles. The normalized spacial score (nSPS) is 9.56. The van der Waals surface area contributed by atoms with Crippen LogP contribution in [0.5, 0.6) is 5.75 Å². The highest BCUT2D eigenvalue weighted by molar-refractivity contribution is 7.98. The van der Waals surface area contributed by atoms with Crippen LogP contribution in [-0.2, 0) is 0 Å². The number of thioether (sulfide) groups is 1. The standard InChI is InChI=1S/C6H8OS2/c1-7-5-3-9-4-6(5)8-2/h3-4H,1-2H3. The lowest BCUT2D eigenvalue weighted by molar-refractivity contribution is 0.407. The van der Waals surface area contributed by atoms with Crippen molar-refractivity contribution in [1.29, 1.82) is 0 Å². The van der Waals surface area contributed by atoms with E-state index in [0.29, 0.717) is 0 Å². The summed E-state index contributed by atoms with van der Waals surface area (Å²) in [7, 11) is 1.70. The van der Waals surface area contributed by atoms with Gasteiger partial charge in [-0.3, -0.25) is 0 Å². The maximum atomic E-state index is 5.07. The predicted octanol–water partition coefficient (Wildman–Crippen LogP) is 2.48. The van der Waals surface area contributed by atoms with Crippen LogP contribution in [0.1, 0.15) is 0 Å². The van der Waals surface area contributed by atoms with Crippen LogP contribution < -0.4 is 4.74 Å². The van der Waals surface area contributed by atoms with Gasteiger partial charge in [-0.1, -0.05) is 0 Å². The van der Waals surface area contributed by atoms with E-state index in [9.17, 15) is 0 Å². The second kappa shape index (κ2) is 3.13. The van der Waals surface area contributed by atoms with Gasteiger partial charge < -0.3 is 4.74 Å². The lowest BCUT2D eigenvalue weighted by atomic mass is 10.6. The van der Waals surface area contributed by atoms with Crippen molar-refractivity contribution < 1.29 is 4.74 Å². The first-order valence-electron chi connectivity index (χ1n) is 2.52. The van der Waals surface area contributed by atoms with Gasteiger partial charge in [0, 0.05) is 10.8 Å². The minimum absolute atomic E-state index is 0.993. The van der Waals surface area contributed by atoms with Gasteiger partial charge >= 0.3 is 0 Å². The molecule has 1 heterocycles. The van der Waals surface area contributed by atoms with Crippen molar-refractivity contribution in [3.8, 4) is 5.75 Å². The fraction of sp³-hybridized carbons (Fsp3) is 0.333. The Labute approximate surface area is 63.0 Å². The third kappa shape index (κ3) is 1.40. The Balaban J connectivity index is 2.85. The summed E-state index contributed by atoms with van der Waals surface area (Å²) in [5.74, 6) is 0.993. The van der Waals surface area contributed by atoms with Gasteiger partial charge in [0.2, 0.25) is 0 Å². The summed E-state index contributed by atoms with van der Waals surface area (Å²) < 4.78 is 5.07. The van der Waals surface area contributed by atoms with Crippen molar-refractivity contribution in [3.05, 3.63) is 10.8 Å². The quantitative estimate of drug-likeness (QED) is 0.615. The molecule has 1 aromatic rings. The Bertz CT molecular complexity index is 164. The Kier molecular flexibility index (Phi) is 2.42. The van der Waals surface area contributed by atoms with Crippen LogP contribution in [0.2, 0.25) is 0 Å². The third-order valence-corrected chi connectivity index (χ3v) is 2.66. The second-order valence-electron chi connectivity index (χ2n) is 1.51. The molecule has 0 fully saturated rings. The minimum atomic E-state index is 0.993. The molecule has 9 heavy (non-hydrogen) atoms. The van der Waals surface area contributed by atoms with Gasteiger partial charge in [-0.2, -0.15) is 0 Å². The molecule has 0 aliphatic heterocycles. The summed E-state index contributed by atoms with van der Waals surface area (Å²) in [5.41, 5.74) is 0. The van der Waals surface area contributed by atoms with E-state index in [0.717, 1.165) is 5.75 Å². The van der Waals surface area contributed by atoms with E-state index >= 15 is 0 Å². The minimum Gasteiger partial charge on any atom is -0.495 e. The van der Waals surface area contributed by atoms with Crippen molar-refractivity contribution >= 4 is 23.1 Å². The van der Waals surface area contributed by atoms with Crippen LogP contribution in [0.15, 0.2) is 15.7 Å². The number of ether oxygens (including phenoxy) is 1. The zero-order valence-corrected chi connectivity index (χ0v) is 7.01. The van der Waals surface area contributed by atoms with Gasteiger partial charge in [0.15, 0.2) is 0 Å². The van der Waals surface area contributed by atoms with Gasteiger partial charge in [-0.05, 0) is 6.26 Å². The van der Waals surface area contributed by atoms with Gasteiger partial charge in [0.25, 0.3) is 0 Å². The molecule has 0 amide bonds. The monoisotopic (exact) mass is 160 g/mol. The van der Waals surface area contributed by atoms with Crippen LogP contribution in [0.3, 0.4) is 0 Å². The van der Waals surface area contributed by atoms with Gasteiger partial charge in [-0.25, -0.2) is 0 Å². The fourth-order valence-electron chi connectivity index (χ4n) is 0.571. The van der Waals surface area contributed by atoms with E-state index < -0.39 is 0 Å². The Morgan fingerprint density at radius 2 is 2.33 bits per heavy atom. The summed E-state index contributed by atoms with van der Waals surface area (Å²) in [6.45, 7) is 0. The van der Waals surface area contributed by atoms with E-state index in [2.05, 4.69) is 5.38 Å². The molecular formula is C6H8OS2. The number of rotatable bonds is 2. The molecular weight excluding hydrogens is 152 g/mol. The molecule has 0 unspecified atom stereocenters. The molecule has 50 valence electrons. The number of thiophene rings is 1. The molecule has 0 aliphatic rings. The molecule has 0 atom stereocenters. The molecule has 0 bridgehead atoms. The third-order valence-electron chi connectivity index (χ3n) is 1.03. The summed E-state index contributed by atoms with van der Waals surface area (Å²) in [6.07, 6.45) is 2.05. The maximum absolute atomic E-state index is 5.07. The Hall–Kier alpha value is -0.150. The highest BCUT2D eigenvalue weighted by atomic mass is 32.2. The average Bonchev–Trinajstić information content (AvgIpc) is 2.33. The molecule has 0 aliphatic carbocycles. The molecule has 0 spiro atoms. The van der Waals surface area contributed by atoms with Crippen molar-refractivity contribution in [1.82, 2.24) is 0 Å². The second-order valence-corrected chi connectivity index (χ2v) is 3.10. The van der Waals surface area contributed by atoms with Crippen molar-refractivity contribution in [3.63, 3.8) is 0 Å². The molecule has 0 radical (unpaired) electrons. The van der Waals surface area contributed by atoms with Crippen LogP contribution >= 0.6 is 23.1 Å². The van der Waals surface area contributed by atoms with Crippen molar-refractivity contribution in [2.45, 2.75) is 4.90 Å². The van der Waals surface area contributed by atoms with E-state index in [1.807, 2.05) is 11.6 Å². The van der Waals surface area contributed by atoms with Crippen LogP contribution in [-0.4, -0.2) is 13.4 Å². The molecule has 0 N–H and O–H groups in total. The number of hydrogen-bond acceptors (Lipinski definition) is 3. The Morgan fingerprint density at radius 1 is 1.56 bits per heavy atom. The van der Waals surface area contributed by atoms with E-state index in [4.69, 9.17) is 4.74 Å². The number of methoxy groups -OCH3 is 1. The van der Waals surface area contributed by atoms with Crippen molar-refractivity contribution in [2.24, 2.45) is 0 Å². The summed E-state index contributed by atoms with van der Waals surface area (Å²) in [4.78, 5) is 1.22. The van der Waals surface area contributed by atoms with Crippen LogP contribution in [0.25, 0.3) is 0 Å². The lowest BCUT2D eigenvalue weighted by Gasteiger charge is -1.95. The van der Waals surface area contributed by atoms with Gasteiger partial charge in [0.05, 0.1) is 12.0 Å². The van der Waals surface area contributed by atoms with Gasteiger partial charge in [-0.15, -0.1) is 23.1 Å². The smallest absolute Gasteiger partial charge is 0.143 e. The van der Waals surface area contributed by atoms with Crippen molar-refractivity contribution in [2.75, 3.05) is 13.4 Å². The topological polar surface area (TPSA) is 9.23 Å². The highest BCUT2D eigenvalue weighted by Crippen LogP contribution is 2.30. The lowest BCUT2D eigenvalue weighted by Crippen LogP contribution is -1.78. The largest absolute Gasteiger partial charge is 0.495 e. The molecule has 1 nitrogen and oxygen atoms in total. The fourth-order valence-corrected chi connectivity index (χ4v) is 2.20. The SMILES string of the molecule is COc1cscc1SC. The predicted molar refractivity (Wildman–Crippen MR) is 42.7 cm³/mol. The zero-order valence-electron chi connectivity index (χ0n) is 5.38. The average molecular weight is 160 g/mol. The first-order chi connectivity index (χ1) is 4.38. The number of hydrogen-bond donors (Lipinski definition) is 0. The first-order valence-corrected chi connectivity index (χ1v) is 4.69.